The van der Waals surface area contributed by atoms with E-state index in [-0.39, 0.29) is 0 Å². The summed E-state index contributed by atoms with van der Waals surface area (Å²) in [6, 6.07) is 8.87. The summed E-state index contributed by atoms with van der Waals surface area (Å²) in [5.41, 5.74) is 1.24. The molecular weight excluding hydrogens is 273 g/mol. The monoisotopic (exact) mass is 281 g/mol. The second-order valence-corrected chi connectivity index (χ2v) is 4.14. The van der Waals surface area contributed by atoms with Gasteiger partial charge in [-0.25, -0.2) is 4.98 Å². The Hall–Kier alpha value is -1.42. The van der Waals surface area contributed by atoms with Crippen molar-refractivity contribution in [2.75, 3.05) is 7.11 Å². The zero-order chi connectivity index (χ0) is 11.5. The first-order valence-electron chi connectivity index (χ1n) is 4.66. The number of benzene rings is 1. The van der Waals surface area contributed by atoms with Crippen LogP contribution in [-0.2, 0) is 0 Å². The molecule has 0 bridgehead atoms. The summed E-state index contributed by atoms with van der Waals surface area (Å²) >= 11 is 3.27. The number of halogens is 2. The Bertz CT molecular complexity index is 499. The Labute approximate surface area is 101 Å². The second kappa shape index (κ2) is 4.61. The Kier molecular flexibility index (Phi) is 3.19. The maximum atomic E-state index is 13.5. The molecule has 2 rings (SSSR count). The van der Waals surface area contributed by atoms with E-state index in [2.05, 4.69) is 20.9 Å². The van der Waals surface area contributed by atoms with Gasteiger partial charge in [-0.05, 0) is 39.7 Å². The molecule has 0 unspecified atom stereocenters. The Morgan fingerprint density at radius 3 is 2.56 bits per heavy atom. The summed E-state index contributed by atoms with van der Waals surface area (Å²) in [6.45, 7) is 0. The number of aromatic nitrogens is 1. The van der Waals surface area contributed by atoms with Gasteiger partial charge in [-0.2, -0.15) is 4.39 Å². The Morgan fingerprint density at radius 2 is 1.94 bits per heavy atom. The van der Waals surface area contributed by atoms with Crippen LogP contribution in [0.3, 0.4) is 0 Å². The number of pyridine rings is 1. The fraction of sp³-hybridized carbons (Fsp3) is 0.0833. The van der Waals surface area contributed by atoms with Crippen molar-refractivity contribution in [3.8, 4) is 16.9 Å². The van der Waals surface area contributed by atoms with Crippen LogP contribution >= 0.6 is 15.9 Å². The molecule has 0 N–H and O–H groups in total. The van der Waals surface area contributed by atoms with Gasteiger partial charge in [-0.3, -0.25) is 0 Å². The van der Waals surface area contributed by atoms with Crippen LogP contribution in [0.25, 0.3) is 11.1 Å². The zero-order valence-corrected chi connectivity index (χ0v) is 10.2. The first-order chi connectivity index (χ1) is 7.70. The van der Waals surface area contributed by atoms with Gasteiger partial charge in [0.1, 0.15) is 5.75 Å². The fourth-order valence-corrected chi connectivity index (χ4v) is 1.73. The molecule has 2 nitrogen and oxygen atoms in total. The minimum atomic E-state index is -0.478. The van der Waals surface area contributed by atoms with Gasteiger partial charge in [0, 0.05) is 16.2 Å². The SMILES string of the molecule is COc1ccc(-c2cc(Br)cnc2F)cc1. The second-order valence-electron chi connectivity index (χ2n) is 3.22. The van der Waals surface area contributed by atoms with Gasteiger partial charge >= 0.3 is 0 Å². The molecule has 0 aliphatic heterocycles. The molecule has 1 heterocycles. The van der Waals surface area contributed by atoms with Gasteiger partial charge in [0.15, 0.2) is 0 Å². The van der Waals surface area contributed by atoms with Crippen molar-refractivity contribution >= 4 is 15.9 Å². The molecule has 1 aromatic heterocycles. The highest BCUT2D eigenvalue weighted by atomic mass is 79.9. The standard InChI is InChI=1S/C12H9BrFNO/c1-16-10-4-2-8(3-5-10)11-6-9(13)7-15-12(11)14/h2-7H,1H3. The van der Waals surface area contributed by atoms with Crippen LogP contribution in [0, 0.1) is 5.95 Å². The van der Waals surface area contributed by atoms with Crippen LogP contribution in [0.2, 0.25) is 0 Å². The fourth-order valence-electron chi connectivity index (χ4n) is 1.40. The minimum absolute atomic E-state index is 0.469. The van der Waals surface area contributed by atoms with Gasteiger partial charge in [-0.1, -0.05) is 12.1 Å². The van der Waals surface area contributed by atoms with Crippen molar-refractivity contribution < 1.29 is 9.13 Å². The number of hydrogen-bond donors (Lipinski definition) is 0. The third-order valence-electron chi connectivity index (χ3n) is 2.21. The predicted octanol–water partition coefficient (Wildman–Crippen LogP) is 3.66. The van der Waals surface area contributed by atoms with Gasteiger partial charge in [0.2, 0.25) is 5.95 Å². The summed E-state index contributed by atoms with van der Waals surface area (Å²) < 4.78 is 19.3. The average molecular weight is 282 g/mol. The van der Waals surface area contributed by atoms with Gasteiger partial charge < -0.3 is 4.74 Å². The first-order valence-corrected chi connectivity index (χ1v) is 5.45. The summed E-state index contributed by atoms with van der Waals surface area (Å²) in [5.74, 6) is 0.264. The molecule has 2 aromatic rings. The molecule has 4 heteroatoms. The maximum Gasteiger partial charge on any atom is 0.220 e. The summed E-state index contributed by atoms with van der Waals surface area (Å²) in [6.07, 6.45) is 1.43. The highest BCUT2D eigenvalue weighted by Crippen LogP contribution is 2.26. The molecule has 16 heavy (non-hydrogen) atoms. The lowest BCUT2D eigenvalue weighted by atomic mass is 10.1. The zero-order valence-electron chi connectivity index (χ0n) is 8.58. The number of nitrogens with zero attached hydrogens (tertiary/aromatic N) is 1. The lowest BCUT2D eigenvalue weighted by Crippen LogP contribution is -1.89. The third kappa shape index (κ3) is 2.22. The molecule has 0 amide bonds. The molecule has 0 radical (unpaired) electrons. The van der Waals surface area contributed by atoms with Crippen molar-refractivity contribution in [2.45, 2.75) is 0 Å². The molecule has 0 atom stereocenters. The molecule has 1 aromatic carbocycles. The number of rotatable bonds is 2. The lowest BCUT2D eigenvalue weighted by molar-refractivity contribution is 0.415. The van der Waals surface area contributed by atoms with E-state index >= 15 is 0 Å². The average Bonchev–Trinajstić information content (AvgIpc) is 2.32. The van der Waals surface area contributed by atoms with Crippen molar-refractivity contribution in [3.05, 3.63) is 46.9 Å². The van der Waals surface area contributed by atoms with Crippen LogP contribution in [0.15, 0.2) is 41.0 Å². The Balaban J connectivity index is 2.45. The summed E-state index contributed by atoms with van der Waals surface area (Å²) in [5, 5.41) is 0. The van der Waals surface area contributed by atoms with E-state index in [9.17, 15) is 4.39 Å². The lowest BCUT2D eigenvalue weighted by Gasteiger charge is -2.04. The number of methoxy groups -OCH3 is 1. The molecule has 82 valence electrons. The van der Waals surface area contributed by atoms with Crippen molar-refractivity contribution in [3.63, 3.8) is 0 Å². The smallest absolute Gasteiger partial charge is 0.220 e. The van der Waals surface area contributed by atoms with Gasteiger partial charge in [0.05, 0.1) is 7.11 Å². The van der Waals surface area contributed by atoms with E-state index in [1.54, 1.807) is 37.4 Å². The molecular formula is C12H9BrFNO. The van der Waals surface area contributed by atoms with Crippen LogP contribution in [0.4, 0.5) is 4.39 Å². The molecule has 0 aliphatic carbocycles. The van der Waals surface area contributed by atoms with Crippen LogP contribution in [0.1, 0.15) is 0 Å². The number of ether oxygens (including phenoxy) is 1. The first kappa shape index (κ1) is 11.1. The third-order valence-corrected chi connectivity index (χ3v) is 2.64. The van der Waals surface area contributed by atoms with E-state index in [0.717, 1.165) is 15.8 Å². The van der Waals surface area contributed by atoms with Crippen molar-refractivity contribution in [1.82, 2.24) is 4.98 Å². The topological polar surface area (TPSA) is 22.1 Å². The molecule has 0 spiro atoms. The Morgan fingerprint density at radius 1 is 1.25 bits per heavy atom. The predicted molar refractivity (Wildman–Crippen MR) is 63.9 cm³/mol. The van der Waals surface area contributed by atoms with Crippen molar-refractivity contribution in [1.29, 1.82) is 0 Å². The van der Waals surface area contributed by atoms with E-state index in [0.29, 0.717) is 5.56 Å². The highest BCUT2D eigenvalue weighted by Gasteiger charge is 2.06. The van der Waals surface area contributed by atoms with Gasteiger partial charge in [0.25, 0.3) is 0 Å². The maximum absolute atomic E-state index is 13.5. The quantitative estimate of drug-likeness (QED) is 0.784. The number of hydrogen-bond acceptors (Lipinski definition) is 2. The summed E-state index contributed by atoms with van der Waals surface area (Å²) in [7, 11) is 1.59. The largest absolute Gasteiger partial charge is 0.497 e. The van der Waals surface area contributed by atoms with Gasteiger partial charge in [-0.15, -0.1) is 0 Å². The van der Waals surface area contributed by atoms with E-state index in [4.69, 9.17) is 4.74 Å². The molecule has 0 saturated heterocycles. The normalized spacial score (nSPS) is 10.2. The van der Waals surface area contributed by atoms with Crippen LogP contribution < -0.4 is 4.74 Å². The molecule has 0 fully saturated rings. The molecule has 0 aliphatic rings. The van der Waals surface area contributed by atoms with E-state index in [1.807, 2.05) is 0 Å². The van der Waals surface area contributed by atoms with Crippen LogP contribution in [0.5, 0.6) is 5.75 Å². The molecule has 0 saturated carbocycles. The van der Waals surface area contributed by atoms with E-state index < -0.39 is 5.95 Å². The summed E-state index contributed by atoms with van der Waals surface area (Å²) in [4.78, 5) is 3.65. The van der Waals surface area contributed by atoms with E-state index in [1.165, 1.54) is 6.20 Å². The highest BCUT2D eigenvalue weighted by molar-refractivity contribution is 9.10. The van der Waals surface area contributed by atoms with Crippen molar-refractivity contribution in [2.24, 2.45) is 0 Å². The minimum Gasteiger partial charge on any atom is -0.497 e. The van der Waals surface area contributed by atoms with Crippen LogP contribution in [-0.4, -0.2) is 12.1 Å².